The van der Waals surface area contributed by atoms with Crippen molar-refractivity contribution in [3.63, 3.8) is 0 Å². The van der Waals surface area contributed by atoms with Crippen molar-refractivity contribution in [3.05, 3.63) is 0 Å². The maximum absolute atomic E-state index is 6.59. The van der Waals surface area contributed by atoms with Crippen LogP contribution in [-0.4, -0.2) is 99.1 Å². The lowest BCUT2D eigenvalue weighted by Gasteiger charge is -2.73. The minimum atomic E-state index is 0.301. The molecule has 8 heterocycles. The Hall–Kier alpha value is 0.850. The third kappa shape index (κ3) is 6.86. The highest BCUT2D eigenvalue weighted by atomic mass is 32.2. The molecule has 0 aliphatic carbocycles. The zero-order chi connectivity index (χ0) is 32.2. The molecule has 0 aromatic carbocycles. The molecule has 8 saturated heterocycles. The summed E-state index contributed by atoms with van der Waals surface area (Å²) in [5.74, 6) is 12.1. The Labute approximate surface area is 305 Å². The van der Waals surface area contributed by atoms with Gasteiger partial charge in [-0.1, -0.05) is 0 Å². The molecule has 8 fully saturated rings. The lowest BCUT2D eigenvalue weighted by Crippen LogP contribution is -2.72. The summed E-state index contributed by atoms with van der Waals surface area (Å²) in [5.41, 5.74) is 0.301. The average Bonchev–Trinajstić information content (AvgIpc) is 3.19. The van der Waals surface area contributed by atoms with Crippen molar-refractivity contribution < 1.29 is 23.7 Å². The second kappa shape index (κ2) is 16.9. The molecule has 0 N–H and O–H groups in total. The summed E-state index contributed by atoms with van der Waals surface area (Å²) in [6, 6.07) is 0. The monoisotopic (exact) mass is 722 g/mol. The van der Waals surface area contributed by atoms with Gasteiger partial charge in [-0.25, -0.2) is 0 Å². The van der Waals surface area contributed by atoms with Crippen LogP contribution in [0.3, 0.4) is 0 Å². The standard InChI is InChI=1S/C40H66O5S3/c1-5-29(25-44-15-1)36-37(30-6-2-16-45-26-30)48-40(34-13-21-43-22-14-34,35-8-4-24-47-28-35)38(31-7-3-23-46-27-31)39(36,32-9-17-41-18-10-32)33-11-19-42-20-12-33/h29-38H,1-28H2. The first-order valence-corrected chi connectivity index (χ1v) is 23.7. The van der Waals surface area contributed by atoms with Gasteiger partial charge in [-0.05, 0) is 172 Å². The fourth-order valence-corrected chi connectivity index (χ4v) is 18.7. The molecule has 5 nitrogen and oxygen atoms in total. The van der Waals surface area contributed by atoms with E-state index in [0.717, 1.165) is 102 Å². The van der Waals surface area contributed by atoms with Gasteiger partial charge in [0, 0.05) is 69.5 Å². The van der Waals surface area contributed by atoms with E-state index in [1.54, 1.807) is 0 Å². The van der Waals surface area contributed by atoms with Crippen molar-refractivity contribution in [1.29, 1.82) is 0 Å². The largest absolute Gasteiger partial charge is 0.381 e. The predicted octanol–water partition coefficient (Wildman–Crippen LogP) is 8.48. The lowest BCUT2D eigenvalue weighted by molar-refractivity contribution is -0.191. The average molecular weight is 723 g/mol. The van der Waals surface area contributed by atoms with E-state index in [-0.39, 0.29) is 0 Å². The van der Waals surface area contributed by atoms with Crippen LogP contribution in [0.4, 0.5) is 0 Å². The SMILES string of the molecule is C1COCC(C2SC(C3CCOCC3)(C3CCCSC3)C(C3CCCSC3)C(C3CCOCC3)(C3CCOCC3)C2C2CCCOC2)C1. The van der Waals surface area contributed by atoms with Gasteiger partial charge in [0.05, 0.1) is 6.61 Å². The maximum Gasteiger partial charge on any atom is 0.0504 e. The quantitative estimate of drug-likeness (QED) is 0.260. The molecule has 0 amide bonds. The van der Waals surface area contributed by atoms with Crippen molar-refractivity contribution in [2.45, 2.75) is 99.9 Å². The van der Waals surface area contributed by atoms with E-state index in [0.29, 0.717) is 33.2 Å². The number of thioether (sulfide) groups is 3. The highest BCUT2D eigenvalue weighted by Gasteiger charge is 2.72. The van der Waals surface area contributed by atoms with Crippen LogP contribution in [0.15, 0.2) is 0 Å². The summed E-state index contributed by atoms with van der Waals surface area (Å²) in [6.07, 6.45) is 18.5. The zero-order valence-corrected chi connectivity index (χ0v) is 32.3. The number of rotatable bonds is 7. The lowest BCUT2D eigenvalue weighted by atomic mass is 9.40. The second-order valence-electron chi connectivity index (χ2n) is 16.9. The Morgan fingerprint density at radius 3 is 1.50 bits per heavy atom. The molecule has 0 bridgehead atoms. The van der Waals surface area contributed by atoms with Crippen LogP contribution >= 0.6 is 35.3 Å². The Kier molecular flexibility index (Phi) is 12.6. The zero-order valence-electron chi connectivity index (χ0n) is 29.8. The van der Waals surface area contributed by atoms with Gasteiger partial charge in [0.15, 0.2) is 0 Å². The fraction of sp³-hybridized carbons (Fsp3) is 1.00. The summed E-state index contributed by atoms with van der Waals surface area (Å²) in [4.78, 5) is 0. The molecular weight excluding hydrogens is 657 g/mol. The normalized spacial score (nSPS) is 43.1. The van der Waals surface area contributed by atoms with Gasteiger partial charge in [-0.2, -0.15) is 35.3 Å². The van der Waals surface area contributed by atoms with Gasteiger partial charge in [-0.15, -0.1) is 0 Å². The first-order chi connectivity index (χ1) is 23.8. The molecule has 8 rings (SSSR count). The molecule has 8 heteroatoms. The molecule has 8 aliphatic rings. The van der Waals surface area contributed by atoms with Gasteiger partial charge in [-0.3, -0.25) is 0 Å². The Bertz CT molecular complexity index is 937. The Morgan fingerprint density at radius 1 is 0.438 bits per heavy atom. The molecule has 0 aromatic rings. The van der Waals surface area contributed by atoms with E-state index in [2.05, 4.69) is 35.3 Å². The molecule has 8 atom stereocenters. The third-order valence-corrected chi connectivity index (χ3v) is 19.6. The van der Waals surface area contributed by atoms with E-state index in [1.807, 2.05) is 0 Å². The van der Waals surface area contributed by atoms with Crippen LogP contribution in [-0.2, 0) is 23.7 Å². The van der Waals surface area contributed by atoms with Gasteiger partial charge >= 0.3 is 0 Å². The van der Waals surface area contributed by atoms with Crippen molar-refractivity contribution in [2.75, 3.05) is 89.1 Å². The first-order valence-electron chi connectivity index (χ1n) is 20.6. The van der Waals surface area contributed by atoms with Crippen LogP contribution in [0.5, 0.6) is 0 Å². The predicted molar refractivity (Wildman–Crippen MR) is 201 cm³/mol. The van der Waals surface area contributed by atoms with Crippen LogP contribution in [0.1, 0.15) is 89.9 Å². The molecule has 8 unspecified atom stereocenters. The summed E-state index contributed by atoms with van der Waals surface area (Å²) >= 11 is 7.28. The highest BCUT2D eigenvalue weighted by Crippen LogP contribution is 2.75. The minimum Gasteiger partial charge on any atom is -0.381 e. The Morgan fingerprint density at radius 2 is 0.979 bits per heavy atom. The first kappa shape index (κ1) is 35.9. The van der Waals surface area contributed by atoms with Gasteiger partial charge in [0.2, 0.25) is 0 Å². The van der Waals surface area contributed by atoms with E-state index < -0.39 is 0 Å². The van der Waals surface area contributed by atoms with E-state index >= 15 is 0 Å². The van der Waals surface area contributed by atoms with Crippen LogP contribution in [0, 0.1) is 58.7 Å². The molecule has 0 saturated carbocycles. The van der Waals surface area contributed by atoms with Crippen LogP contribution < -0.4 is 0 Å². The summed E-state index contributed by atoms with van der Waals surface area (Å²) in [7, 11) is 0. The van der Waals surface area contributed by atoms with E-state index in [4.69, 9.17) is 23.7 Å². The van der Waals surface area contributed by atoms with Gasteiger partial charge < -0.3 is 23.7 Å². The molecule has 274 valence electrons. The molecule has 48 heavy (non-hydrogen) atoms. The number of ether oxygens (including phenoxy) is 5. The summed E-state index contributed by atoms with van der Waals surface area (Å²) in [6.45, 7) is 9.67. The van der Waals surface area contributed by atoms with Gasteiger partial charge in [0.1, 0.15) is 0 Å². The van der Waals surface area contributed by atoms with Crippen molar-refractivity contribution in [1.82, 2.24) is 0 Å². The fourth-order valence-electron chi connectivity index (χ4n) is 13.3. The minimum absolute atomic E-state index is 0.301. The third-order valence-electron chi connectivity index (χ3n) is 14.8. The van der Waals surface area contributed by atoms with Gasteiger partial charge in [0.25, 0.3) is 0 Å². The van der Waals surface area contributed by atoms with Crippen molar-refractivity contribution in [3.8, 4) is 0 Å². The Balaban J connectivity index is 1.40. The molecule has 0 aromatic heterocycles. The van der Waals surface area contributed by atoms with Crippen LogP contribution in [0.25, 0.3) is 0 Å². The smallest absolute Gasteiger partial charge is 0.0504 e. The molecular formula is C40H66O5S3. The second-order valence-corrected chi connectivity index (χ2v) is 20.7. The number of hydrogen-bond donors (Lipinski definition) is 0. The molecule has 0 radical (unpaired) electrons. The van der Waals surface area contributed by atoms with E-state index in [9.17, 15) is 0 Å². The number of hydrogen-bond acceptors (Lipinski definition) is 8. The maximum atomic E-state index is 6.59. The topological polar surface area (TPSA) is 46.2 Å². The summed E-state index contributed by atoms with van der Waals surface area (Å²) in [5, 5.41) is 0.657. The van der Waals surface area contributed by atoms with E-state index in [1.165, 1.54) is 113 Å². The van der Waals surface area contributed by atoms with Crippen LogP contribution in [0.2, 0.25) is 0 Å². The molecule has 8 aliphatic heterocycles. The summed E-state index contributed by atoms with van der Waals surface area (Å²) < 4.78 is 32.3. The van der Waals surface area contributed by atoms with Crippen molar-refractivity contribution in [2.24, 2.45) is 58.7 Å². The highest BCUT2D eigenvalue weighted by molar-refractivity contribution is 8.01. The van der Waals surface area contributed by atoms with Crippen molar-refractivity contribution >= 4 is 35.3 Å². The molecule has 0 spiro atoms.